The predicted molar refractivity (Wildman–Crippen MR) is 96.9 cm³/mol. The van der Waals surface area contributed by atoms with Gasteiger partial charge in [-0.3, -0.25) is 9.59 Å². The zero-order valence-corrected chi connectivity index (χ0v) is 16.1. The molecule has 1 N–H and O–H groups in total. The number of nitrogens with zero attached hydrogens (tertiary/aromatic N) is 4. The molecule has 10 heteroatoms. The van der Waals surface area contributed by atoms with Crippen molar-refractivity contribution < 1.29 is 14.3 Å². The van der Waals surface area contributed by atoms with Gasteiger partial charge in [-0.05, 0) is 20.3 Å². The van der Waals surface area contributed by atoms with Gasteiger partial charge in [-0.2, -0.15) is 0 Å². The molecular weight excluding hydrogens is 362 g/mol. The monoisotopic (exact) mass is 383 g/mol. The normalized spacial score (nSPS) is 10.7. The van der Waals surface area contributed by atoms with Gasteiger partial charge in [0, 0.05) is 11.9 Å². The van der Waals surface area contributed by atoms with Crippen LogP contribution in [-0.4, -0.2) is 44.0 Å². The van der Waals surface area contributed by atoms with Crippen LogP contribution in [0.4, 0.5) is 5.13 Å². The lowest BCUT2D eigenvalue weighted by molar-refractivity contribution is -0.142. The number of hydrogen-bond donors (Lipinski definition) is 1. The lowest BCUT2D eigenvalue weighted by Gasteiger charge is -2.06. The van der Waals surface area contributed by atoms with Crippen LogP contribution in [0.15, 0.2) is 10.5 Å². The topological polar surface area (TPSA) is 99.0 Å². The lowest BCUT2D eigenvalue weighted by atomic mass is 10.3. The number of amides is 1. The van der Waals surface area contributed by atoms with Crippen LogP contribution in [-0.2, 0) is 27.3 Å². The molecule has 0 spiro atoms. The molecule has 0 unspecified atom stereocenters. The Balaban J connectivity index is 1.85. The first-order valence-corrected chi connectivity index (χ1v) is 9.82. The van der Waals surface area contributed by atoms with Crippen LogP contribution in [0.3, 0.4) is 0 Å². The minimum Gasteiger partial charge on any atom is -0.466 e. The van der Waals surface area contributed by atoms with E-state index in [0.717, 1.165) is 23.9 Å². The Morgan fingerprint density at radius 2 is 2.16 bits per heavy atom. The minimum absolute atomic E-state index is 0.106. The number of aryl methyl sites for hydroxylation is 1. The number of carbonyl (C=O) groups excluding carboxylic acids is 2. The molecule has 0 saturated heterocycles. The molecule has 0 aromatic carbocycles. The van der Waals surface area contributed by atoms with E-state index in [1.165, 1.54) is 23.1 Å². The van der Waals surface area contributed by atoms with E-state index in [9.17, 15) is 9.59 Å². The molecule has 25 heavy (non-hydrogen) atoms. The second-order valence-electron chi connectivity index (χ2n) is 5.14. The smallest absolute Gasteiger partial charge is 0.311 e. The lowest BCUT2D eigenvalue weighted by Crippen LogP contribution is -2.15. The third-order valence-electron chi connectivity index (χ3n) is 3.11. The Hall–Kier alpha value is -1.94. The Bertz CT molecular complexity index is 729. The van der Waals surface area contributed by atoms with Crippen molar-refractivity contribution in [2.75, 3.05) is 17.7 Å². The van der Waals surface area contributed by atoms with Crippen LogP contribution < -0.4 is 5.32 Å². The Labute approximate surface area is 154 Å². The summed E-state index contributed by atoms with van der Waals surface area (Å²) in [7, 11) is 0. The first-order valence-electron chi connectivity index (χ1n) is 7.96. The van der Waals surface area contributed by atoms with Gasteiger partial charge in [-0.1, -0.05) is 18.7 Å². The Morgan fingerprint density at radius 3 is 2.88 bits per heavy atom. The number of anilines is 1. The maximum absolute atomic E-state index is 12.1. The third kappa shape index (κ3) is 5.82. The second kappa shape index (κ2) is 9.52. The highest BCUT2D eigenvalue weighted by molar-refractivity contribution is 7.99. The SMILES string of the molecule is CCCn1c(C)nnc1SCC(=O)Nc1nc(CC(=O)OCC)cs1. The van der Waals surface area contributed by atoms with Gasteiger partial charge in [0.1, 0.15) is 5.82 Å². The summed E-state index contributed by atoms with van der Waals surface area (Å²) in [6, 6.07) is 0. The second-order valence-corrected chi connectivity index (χ2v) is 6.94. The Kier molecular flexibility index (Phi) is 7.38. The van der Waals surface area contributed by atoms with E-state index in [1.54, 1.807) is 12.3 Å². The fourth-order valence-corrected chi connectivity index (χ4v) is 3.58. The van der Waals surface area contributed by atoms with Gasteiger partial charge in [0.25, 0.3) is 0 Å². The largest absolute Gasteiger partial charge is 0.466 e. The van der Waals surface area contributed by atoms with E-state index in [-0.39, 0.29) is 24.1 Å². The van der Waals surface area contributed by atoms with Gasteiger partial charge < -0.3 is 14.6 Å². The Morgan fingerprint density at radius 1 is 1.36 bits per heavy atom. The predicted octanol–water partition coefficient (Wildman–Crippen LogP) is 2.29. The molecule has 2 heterocycles. The molecular formula is C15H21N5O3S2. The molecule has 0 atom stereocenters. The number of nitrogens with one attached hydrogen (secondary N) is 1. The third-order valence-corrected chi connectivity index (χ3v) is 4.88. The zero-order chi connectivity index (χ0) is 18.2. The standard InChI is InChI=1S/C15H21N5O3S2/c1-4-6-20-10(3)18-19-15(20)25-9-12(21)17-14-16-11(8-24-14)7-13(22)23-5-2/h8H,4-7,9H2,1-3H3,(H,16,17,21). The molecule has 0 saturated carbocycles. The molecule has 136 valence electrons. The molecule has 0 radical (unpaired) electrons. The fraction of sp³-hybridized carbons (Fsp3) is 0.533. The number of thioether (sulfide) groups is 1. The maximum Gasteiger partial charge on any atom is 0.311 e. The highest BCUT2D eigenvalue weighted by Gasteiger charge is 2.13. The molecule has 0 aliphatic heterocycles. The van der Waals surface area contributed by atoms with Gasteiger partial charge in [0.2, 0.25) is 5.91 Å². The number of carbonyl (C=O) groups is 2. The van der Waals surface area contributed by atoms with E-state index in [2.05, 4.69) is 27.4 Å². The number of ether oxygens (including phenoxy) is 1. The maximum atomic E-state index is 12.1. The van der Waals surface area contributed by atoms with Gasteiger partial charge >= 0.3 is 5.97 Å². The van der Waals surface area contributed by atoms with Crippen LogP contribution in [0, 0.1) is 6.92 Å². The van der Waals surface area contributed by atoms with Crippen molar-refractivity contribution in [2.45, 2.75) is 45.3 Å². The van der Waals surface area contributed by atoms with Crippen molar-refractivity contribution in [1.29, 1.82) is 0 Å². The van der Waals surface area contributed by atoms with E-state index >= 15 is 0 Å². The van der Waals surface area contributed by atoms with Crippen molar-refractivity contribution in [3.63, 3.8) is 0 Å². The highest BCUT2D eigenvalue weighted by Crippen LogP contribution is 2.19. The van der Waals surface area contributed by atoms with Crippen LogP contribution in [0.25, 0.3) is 0 Å². The van der Waals surface area contributed by atoms with Gasteiger partial charge in [0.05, 0.1) is 24.5 Å². The van der Waals surface area contributed by atoms with Crippen molar-refractivity contribution >= 4 is 40.1 Å². The molecule has 0 bridgehead atoms. The molecule has 2 aromatic heterocycles. The summed E-state index contributed by atoms with van der Waals surface area (Å²) in [5, 5.41) is 13.8. The molecule has 2 rings (SSSR count). The van der Waals surface area contributed by atoms with E-state index in [0.29, 0.717) is 17.4 Å². The summed E-state index contributed by atoms with van der Waals surface area (Å²) in [5.74, 6) is 0.556. The molecule has 1 amide bonds. The van der Waals surface area contributed by atoms with Gasteiger partial charge in [-0.15, -0.1) is 21.5 Å². The van der Waals surface area contributed by atoms with Crippen LogP contribution >= 0.6 is 23.1 Å². The summed E-state index contributed by atoms with van der Waals surface area (Å²) in [6.45, 7) is 6.90. The van der Waals surface area contributed by atoms with Crippen LogP contribution in [0.2, 0.25) is 0 Å². The summed E-state index contributed by atoms with van der Waals surface area (Å²) < 4.78 is 6.88. The first-order chi connectivity index (χ1) is 12.0. The average molecular weight is 383 g/mol. The minimum atomic E-state index is -0.327. The van der Waals surface area contributed by atoms with E-state index in [1.807, 2.05) is 11.5 Å². The van der Waals surface area contributed by atoms with E-state index in [4.69, 9.17) is 4.74 Å². The van der Waals surface area contributed by atoms with Crippen molar-refractivity contribution in [1.82, 2.24) is 19.7 Å². The average Bonchev–Trinajstić information content (AvgIpc) is 3.14. The van der Waals surface area contributed by atoms with Gasteiger partial charge in [-0.25, -0.2) is 4.98 Å². The van der Waals surface area contributed by atoms with Crippen molar-refractivity contribution in [3.05, 3.63) is 16.9 Å². The highest BCUT2D eigenvalue weighted by atomic mass is 32.2. The number of rotatable bonds is 9. The molecule has 2 aromatic rings. The summed E-state index contributed by atoms with van der Waals surface area (Å²) in [5.41, 5.74) is 0.588. The molecule has 8 nitrogen and oxygen atoms in total. The van der Waals surface area contributed by atoms with Crippen LogP contribution in [0.1, 0.15) is 31.8 Å². The number of esters is 1. The fourth-order valence-electron chi connectivity index (χ4n) is 2.04. The molecule has 0 aliphatic rings. The first kappa shape index (κ1) is 19.4. The van der Waals surface area contributed by atoms with Crippen molar-refractivity contribution in [3.8, 4) is 0 Å². The van der Waals surface area contributed by atoms with Gasteiger partial charge in [0.15, 0.2) is 10.3 Å². The number of aromatic nitrogens is 4. The number of thiazole rings is 1. The van der Waals surface area contributed by atoms with E-state index < -0.39 is 0 Å². The van der Waals surface area contributed by atoms with Crippen LogP contribution in [0.5, 0.6) is 0 Å². The summed E-state index contributed by atoms with van der Waals surface area (Å²) in [4.78, 5) is 27.7. The summed E-state index contributed by atoms with van der Waals surface area (Å²) >= 11 is 2.62. The zero-order valence-electron chi connectivity index (χ0n) is 14.4. The quantitative estimate of drug-likeness (QED) is 0.524. The molecule has 0 aliphatic carbocycles. The number of hydrogen-bond acceptors (Lipinski definition) is 8. The molecule has 0 fully saturated rings. The van der Waals surface area contributed by atoms with Crippen molar-refractivity contribution in [2.24, 2.45) is 0 Å². The summed E-state index contributed by atoms with van der Waals surface area (Å²) in [6.07, 6.45) is 1.08.